The summed E-state index contributed by atoms with van der Waals surface area (Å²) in [5, 5.41) is 21.5. The minimum absolute atomic E-state index is 0.0499. The number of ether oxygens (including phenoxy) is 4. The van der Waals surface area contributed by atoms with Crippen molar-refractivity contribution >= 4 is 79.6 Å². The Bertz CT molecular complexity index is 2740. The second-order valence-corrected chi connectivity index (χ2v) is 20.0. The van der Waals surface area contributed by atoms with E-state index in [0.717, 1.165) is 23.8 Å². The van der Waals surface area contributed by atoms with Crippen molar-refractivity contribution in [3.63, 3.8) is 0 Å². The lowest BCUT2D eigenvalue weighted by Gasteiger charge is -2.42. The van der Waals surface area contributed by atoms with Gasteiger partial charge in [0.25, 0.3) is 5.22 Å². The number of alkyl halides is 2. The third-order valence-electron chi connectivity index (χ3n) is 10.8. The Labute approximate surface area is 406 Å². The Kier molecular flexibility index (Phi) is 16.6. The van der Waals surface area contributed by atoms with Gasteiger partial charge in [0.1, 0.15) is 61.6 Å². The molecule has 6 rings (SSSR count). The summed E-state index contributed by atoms with van der Waals surface area (Å²) in [5.74, 6) is 2.28. The highest BCUT2D eigenvalue weighted by Gasteiger charge is 2.42. The van der Waals surface area contributed by atoms with Crippen LogP contribution in [0.1, 0.15) is 65.3 Å². The van der Waals surface area contributed by atoms with Crippen molar-refractivity contribution in [2.75, 3.05) is 37.5 Å². The number of aliphatic hydroxyl groups excluding tert-OH is 1. The average Bonchev–Trinajstić information content (AvgIpc) is 3.93. The molecule has 0 aliphatic rings. The first-order valence-electron chi connectivity index (χ1n) is 19.8. The number of halogens is 5. The van der Waals surface area contributed by atoms with Gasteiger partial charge in [-0.05, 0) is 90.4 Å². The number of nitrogens with zero attached hydrogens (tertiary/aromatic N) is 3. The zero-order valence-electron chi connectivity index (χ0n) is 35.8. The van der Waals surface area contributed by atoms with Crippen molar-refractivity contribution in [2.24, 2.45) is 0 Å². The van der Waals surface area contributed by atoms with Crippen LogP contribution >= 0.6 is 69.8 Å². The molecule has 0 spiro atoms. The highest BCUT2D eigenvalue weighted by molar-refractivity contribution is 7.98. The largest absolute Gasteiger partial charge is 0.489 e. The SMILES string of the molecule is CSc1nc(COc2ccc(C(C)(CC(C)(c3ccc(OCc4ocnc4S(C)(=O)=O)cc3)c3cc(Cl)c(OCC(O)CCl)c(Cl)c3)c3cc(Cl)c(OCCCl)c(C#N)c3)cc2)c(C)o1. The molecular formula is C46H44Cl5N3O9S2. The summed E-state index contributed by atoms with van der Waals surface area (Å²) in [6.07, 6.45) is 3.35. The van der Waals surface area contributed by atoms with Gasteiger partial charge in [-0.25, -0.2) is 18.4 Å². The molecule has 1 N–H and O–H groups in total. The van der Waals surface area contributed by atoms with Crippen LogP contribution in [0.4, 0.5) is 0 Å². The number of thioether (sulfide) groups is 1. The average molecular weight is 1020 g/mol. The lowest BCUT2D eigenvalue weighted by molar-refractivity contribution is 0.125. The molecule has 4 aromatic carbocycles. The number of aromatic nitrogens is 2. The molecule has 344 valence electrons. The number of hydrogen-bond acceptors (Lipinski definition) is 13. The smallest absolute Gasteiger partial charge is 0.255 e. The van der Waals surface area contributed by atoms with Crippen molar-refractivity contribution in [2.45, 2.75) is 67.6 Å². The molecule has 3 atom stereocenters. The lowest BCUT2D eigenvalue weighted by Crippen LogP contribution is -2.36. The number of aliphatic hydroxyl groups is 1. The van der Waals surface area contributed by atoms with Crippen LogP contribution < -0.4 is 18.9 Å². The summed E-state index contributed by atoms with van der Waals surface area (Å²) in [6.45, 7) is 5.94. The maximum atomic E-state index is 12.3. The second kappa shape index (κ2) is 21.6. The fourth-order valence-corrected chi connectivity index (χ4v) is 9.59. The van der Waals surface area contributed by atoms with E-state index in [0.29, 0.717) is 45.7 Å². The molecule has 0 bridgehead atoms. The minimum atomic E-state index is -3.65. The molecule has 2 heterocycles. The van der Waals surface area contributed by atoms with Gasteiger partial charge >= 0.3 is 0 Å². The molecule has 0 amide bonds. The molecule has 0 saturated carbocycles. The predicted octanol–water partition coefficient (Wildman–Crippen LogP) is 11.4. The topological polar surface area (TPSA) is 167 Å². The van der Waals surface area contributed by atoms with Gasteiger partial charge in [0.15, 0.2) is 38.5 Å². The fourth-order valence-electron chi connectivity index (χ4n) is 7.39. The van der Waals surface area contributed by atoms with Crippen molar-refractivity contribution in [3.8, 4) is 29.1 Å². The van der Waals surface area contributed by atoms with E-state index in [1.54, 1.807) is 36.4 Å². The van der Waals surface area contributed by atoms with E-state index in [4.69, 9.17) is 85.8 Å². The molecule has 65 heavy (non-hydrogen) atoms. The summed E-state index contributed by atoms with van der Waals surface area (Å²) in [4.78, 5) is 8.34. The third kappa shape index (κ3) is 11.6. The van der Waals surface area contributed by atoms with Crippen LogP contribution in [0.25, 0.3) is 0 Å². The van der Waals surface area contributed by atoms with Crippen molar-refractivity contribution in [3.05, 3.63) is 139 Å². The van der Waals surface area contributed by atoms with Crippen LogP contribution in [0, 0.1) is 18.3 Å². The van der Waals surface area contributed by atoms with E-state index in [1.807, 2.05) is 56.5 Å². The molecule has 6 aromatic rings. The zero-order valence-corrected chi connectivity index (χ0v) is 41.2. The molecule has 0 saturated heterocycles. The molecule has 2 aromatic heterocycles. The summed E-state index contributed by atoms with van der Waals surface area (Å²) in [5.41, 5.74) is 2.04. The molecule has 0 aliphatic heterocycles. The number of benzene rings is 4. The van der Waals surface area contributed by atoms with Crippen LogP contribution in [0.3, 0.4) is 0 Å². The number of hydrogen-bond donors (Lipinski definition) is 1. The zero-order chi connectivity index (χ0) is 47.1. The quantitative estimate of drug-likeness (QED) is 0.0535. The Morgan fingerprint density at radius 2 is 1.38 bits per heavy atom. The standard InChI is InChI=1S/C46H44Cl5N3O9S2/c1-27-39(54-44(63-27)64-4)23-59-34-10-6-29(7-11-34)45(2,31-16-28(21-52)41(36(49)17-31)58-15-14-47)25-46(3,32-18-37(50)42(38(51)19-32)61-22-33(55)20-48)30-8-12-35(13-9-30)60-24-40-43(53-26-62-40)65(5,56)57/h6-13,16-19,26,33,55H,14-15,20,22-25H2,1-5H3. The van der Waals surface area contributed by atoms with Gasteiger partial charge in [-0.15, -0.1) is 23.2 Å². The Morgan fingerprint density at radius 1 is 0.831 bits per heavy atom. The summed E-state index contributed by atoms with van der Waals surface area (Å²) in [6, 6.07) is 24.3. The van der Waals surface area contributed by atoms with Gasteiger partial charge in [-0.3, -0.25) is 0 Å². The van der Waals surface area contributed by atoms with E-state index in [2.05, 4.69) is 23.0 Å². The normalized spacial score (nSPS) is 13.9. The van der Waals surface area contributed by atoms with E-state index in [-0.39, 0.29) is 81.1 Å². The maximum absolute atomic E-state index is 12.3. The van der Waals surface area contributed by atoms with Crippen molar-refractivity contribution in [1.29, 1.82) is 5.26 Å². The number of aryl methyl sites for hydroxylation is 1. The van der Waals surface area contributed by atoms with Crippen LogP contribution in [0.5, 0.6) is 23.0 Å². The summed E-state index contributed by atoms with van der Waals surface area (Å²) in [7, 11) is -3.65. The fraction of sp³-hybridized carbons (Fsp3) is 0.326. The minimum Gasteiger partial charge on any atom is -0.489 e. The Balaban J connectivity index is 1.47. The second-order valence-electron chi connectivity index (χ2n) is 15.4. The first kappa shape index (κ1) is 50.1. The predicted molar refractivity (Wildman–Crippen MR) is 253 cm³/mol. The van der Waals surface area contributed by atoms with Gasteiger partial charge in [0.05, 0.1) is 32.4 Å². The van der Waals surface area contributed by atoms with E-state index >= 15 is 0 Å². The summed E-state index contributed by atoms with van der Waals surface area (Å²) < 4.78 is 59.4. The Hall–Kier alpha value is -4.30. The first-order valence-corrected chi connectivity index (χ1v) is 25.1. The number of rotatable bonds is 21. The maximum Gasteiger partial charge on any atom is 0.255 e. The molecule has 0 fully saturated rings. The van der Waals surface area contributed by atoms with Crippen LogP contribution in [0.2, 0.25) is 15.1 Å². The molecule has 19 heteroatoms. The molecule has 0 aliphatic carbocycles. The monoisotopic (exact) mass is 1020 g/mol. The van der Waals surface area contributed by atoms with Crippen molar-refractivity contribution in [1.82, 2.24) is 9.97 Å². The number of oxazole rings is 2. The van der Waals surface area contributed by atoms with Crippen LogP contribution in [0.15, 0.2) is 98.3 Å². The van der Waals surface area contributed by atoms with Gasteiger partial charge in [0.2, 0.25) is 0 Å². The van der Waals surface area contributed by atoms with Gasteiger partial charge in [-0.1, -0.05) is 84.7 Å². The van der Waals surface area contributed by atoms with Crippen LogP contribution in [-0.4, -0.2) is 67.1 Å². The summed E-state index contributed by atoms with van der Waals surface area (Å²) >= 11 is 34.0. The lowest BCUT2D eigenvalue weighted by atomic mass is 9.61. The molecular weight excluding hydrogens is 980 g/mol. The third-order valence-corrected chi connectivity index (χ3v) is 13.7. The highest BCUT2D eigenvalue weighted by atomic mass is 35.5. The van der Waals surface area contributed by atoms with Gasteiger partial charge < -0.3 is 32.9 Å². The Morgan fingerprint density at radius 3 is 1.89 bits per heavy atom. The van der Waals surface area contributed by atoms with Crippen LogP contribution in [-0.2, 0) is 33.9 Å². The van der Waals surface area contributed by atoms with E-state index < -0.39 is 26.8 Å². The number of nitriles is 1. The van der Waals surface area contributed by atoms with E-state index in [9.17, 15) is 18.8 Å². The van der Waals surface area contributed by atoms with Gasteiger partial charge in [0, 0.05) is 17.1 Å². The van der Waals surface area contributed by atoms with Gasteiger partial charge in [-0.2, -0.15) is 5.26 Å². The molecule has 12 nitrogen and oxygen atoms in total. The first-order chi connectivity index (χ1) is 30.9. The number of sulfone groups is 1. The highest BCUT2D eigenvalue weighted by Crippen LogP contribution is 2.51. The van der Waals surface area contributed by atoms with E-state index in [1.165, 1.54) is 11.8 Å². The molecule has 0 radical (unpaired) electrons. The van der Waals surface area contributed by atoms with Crippen molar-refractivity contribution < 1.29 is 41.3 Å². The molecule has 3 unspecified atom stereocenters.